The van der Waals surface area contributed by atoms with Gasteiger partial charge in [0, 0.05) is 31.1 Å². The smallest absolute Gasteiger partial charge is 0.410 e. The summed E-state index contributed by atoms with van der Waals surface area (Å²) in [6.07, 6.45) is -0.300. The first-order valence-corrected chi connectivity index (χ1v) is 7.81. The second-order valence-electron chi connectivity index (χ2n) is 5.72. The van der Waals surface area contributed by atoms with Crippen LogP contribution in [0.3, 0.4) is 0 Å². The summed E-state index contributed by atoms with van der Waals surface area (Å²) < 4.78 is 6.08. The van der Waals surface area contributed by atoms with E-state index in [0.717, 1.165) is 4.34 Å². The van der Waals surface area contributed by atoms with Gasteiger partial charge in [0.25, 0.3) is 0 Å². The maximum absolute atomic E-state index is 11.8. The highest BCUT2D eigenvalue weighted by Crippen LogP contribution is 2.26. The van der Waals surface area contributed by atoms with Gasteiger partial charge >= 0.3 is 6.09 Å². The number of likely N-dealkylation sites (N-methyl/N-ethyl adjacent to an activating group) is 1. The fourth-order valence-corrected chi connectivity index (χ4v) is 2.63. The lowest BCUT2D eigenvalue weighted by molar-refractivity contribution is 0.0299. The Kier molecular flexibility index (Phi) is 6.30. The molecule has 1 unspecified atom stereocenters. The predicted octanol–water partition coefficient (Wildman–Crippen LogP) is 3.92. The molecule has 0 aliphatic carbocycles. The van der Waals surface area contributed by atoms with Crippen LogP contribution in [-0.4, -0.2) is 36.7 Å². The number of rotatable bonds is 5. The molecule has 0 aromatic carbocycles. The van der Waals surface area contributed by atoms with Crippen LogP contribution >= 0.6 is 22.9 Å². The Labute approximate surface area is 130 Å². The van der Waals surface area contributed by atoms with Gasteiger partial charge in [0.1, 0.15) is 5.60 Å². The monoisotopic (exact) mass is 318 g/mol. The summed E-state index contributed by atoms with van der Waals surface area (Å²) in [6, 6.07) is 4.13. The Hall–Kier alpha value is -0.780. The Morgan fingerprint density at radius 3 is 2.65 bits per heavy atom. The average Bonchev–Trinajstić information content (AvgIpc) is 2.73. The lowest BCUT2D eigenvalue weighted by Crippen LogP contribution is -2.38. The minimum Gasteiger partial charge on any atom is -0.444 e. The first-order valence-electron chi connectivity index (χ1n) is 6.62. The SMILES string of the molecule is CC(NCCN(C)C(=O)OC(C)(C)C)c1ccc(Cl)s1. The molecule has 0 radical (unpaired) electrons. The van der Waals surface area contributed by atoms with Crippen molar-refractivity contribution in [1.82, 2.24) is 10.2 Å². The fourth-order valence-electron chi connectivity index (χ4n) is 1.54. The number of hydrogen-bond acceptors (Lipinski definition) is 4. The first kappa shape index (κ1) is 17.3. The molecule has 4 nitrogen and oxygen atoms in total. The number of nitrogens with one attached hydrogen (secondary N) is 1. The van der Waals surface area contributed by atoms with E-state index in [1.807, 2.05) is 32.9 Å². The van der Waals surface area contributed by atoms with Crippen LogP contribution in [0.1, 0.15) is 38.6 Å². The quantitative estimate of drug-likeness (QED) is 0.894. The third-order valence-corrected chi connectivity index (χ3v) is 4.04. The molecule has 0 saturated heterocycles. The van der Waals surface area contributed by atoms with Gasteiger partial charge < -0.3 is 15.0 Å². The normalized spacial score (nSPS) is 13.1. The fraction of sp³-hybridized carbons (Fsp3) is 0.643. The van der Waals surface area contributed by atoms with Gasteiger partial charge in [-0.05, 0) is 39.8 Å². The first-order chi connectivity index (χ1) is 9.19. The van der Waals surface area contributed by atoms with Crippen LogP contribution < -0.4 is 5.32 Å². The highest BCUT2D eigenvalue weighted by Gasteiger charge is 2.19. The Morgan fingerprint density at radius 2 is 2.15 bits per heavy atom. The molecular weight excluding hydrogens is 296 g/mol. The van der Waals surface area contributed by atoms with Gasteiger partial charge in [0.05, 0.1) is 4.34 Å². The lowest BCUT2D eigenvalue weighted by Gasteiger charge is -2.25. The van der Waals surface area contributed by atoms with Crippen LogP contribution in [0.4, 0.5) is 4.79 Å². The van der Waals surface area contributed by atoms with Crippen LogP contribution in [0.2, 0.25) is 4.34 Å². The summed E-state index contributed by atoms with van der Waals surface area (Å²) in [6.45, 7) is 8.96. The molecular formula is C14H23ClN2O2S. The highest BCUT2D eigenvalue weighted by atomic mass is 35.5. The van der Waals surface area contributed by atoms with Crippen molar-refractivity contribution in [3.05, 3.63) is 21.3 Å². The molecule has 1 N–H and O–H groups in total. The van der Waals surface area contributed by atoms with E-state index in [-0.39, 0.29) is 12.1 Å². The lowest BCUT2D eigenvalue weighted by atomic mass is 10.2. The van der Waals surface area contributed by atoms with Crippen molar-refractivity contribution >= 4 is 29.0 Å². The molecule has 1 aromatic heterocycles. The molecule has 1 heterocycles. The Balaban J connectivity index is 2.31. The van der Waals surface area contributed by atoms with Gasteiger partial charge in [0.2, 0.25) is 0 Å². The molecule has 1 atom stereocenters. The third-order valence-electron chi connectivity index (χ3n) is 2.62. The van der Waals surface area contributed by atoms with Crippen LogP contribution in [0.25, 0.3) is 0 Å². The average molecular weight is 319 g/mol. The van der Waals surface area contributed by atoms with Crippen molar-refractivity contribution < 1.29 is 9.53 Å². The molecule has 20 heavy (non-hydrogen) atoms. The summed E-state index contributed by atoms with van der Waals surface area (Å²) in [5.74, 6) is 0. The van der Waals surface area contributed by atoms with Gasteiger partial charge in [-0.3, -0.25) is 0 Å². The molecule has 0 saturated carbocycles. The number of hydrogen-bond donors (Lipinski definition) is 1. The number of carbonyl (C=O) groups excluding carboxylic acids is 1. The molecule has 0 aliphatic rings. The predicted molar refractivity (Wildman–Crippen MR) is 84.6 cm³/mol. The Morgan fingerprint density at radius 1 is 1.50 bits per heavy atom. The van der Waals surface area contributed by atoms with Crippen molar-refractivity contribution in [2.24, 2.45) is 0 Å². The van der Waals surface area contributed by atoms with E-state index in [9.17, 15) is 4.79 Å². The van der Waals surface area contributed by atoms with Gasteiger partial charge in [-0.15, -0.1) is 11.3 Å². The zero-order valence-corrected chi connectivity index (χ0v) is 14.3. The minimum absolute atomic E-state index is 0.222. The van der Waals surface area contributed by atoms with E-state index in [1.165, 1.54) is 4.88 Å². The molecule has 0 spiro atoms. The standard InChI is InChI=1S/C14H23ClN2O2S/c1-10(11-6-7-12(15)20-11)16-8-9-17(5)13(18)19-14(2,3)4/h6-7,10,16H,8-9H2,1-5H3. The summed E-state index contributed by atoms with van der Waals surface area (Å²) in [4.78, 5) is 14.5. The molecule has 0 aliphatic heterocycles. The van der Waals surface area contributed by atoms with Gasteiger partial charge in [-0.25, -0.2) is 4.79 Å². The molecule has 1 rings (SSSR count). The van der Waals surface area contributed by atoms with Crippen molar-refractivity contribution in [3.8, 4) is 0 Å². The van der Waals surface area contributed by atoms with Crippen LogP contribution in [-0.2, 0) is 4.74 Å². The van der Waals surface area contributed by atoms with E-state index >= 15 is 0 Å². The third kappa shape index (κ3) is 6.11. The summed E-state index contributed by atoms with van der Waals surface area (Å²) in [5, 5.41) is 3.36. The van der Waals surface area contributed by atoms with E-state index in [4.69, 9.17) is 16.3 Å². The van der Waals surface area contributed by atoms with Crippen molar-refractivity contribution in [1.29, 1.82) is 0 Å². The van der Waals surface area contributed by atoms with Crippen molar-refractivity contribution in [2.45, 2.75) is 39.3 Å². The Bertz CT molecular complexity index is 443. The largest absolute Gasteiger partial charge is 0.444 e. The summed E-state index contributed by atoms with van der Waals surface area (Å²) in [7, 11) is 1.74. The van der Waals surface area contributed by atoms with E-state index < -0.39 is 5.60 Å². The number of halogens is 1. The van der Waals surface area contributed by atoms with E-state index in [2.05, 4.69) is 12.2 Å². The number of nitrogens with zero attached hydrogens (tertiary/aromatic N) is 1. The number of amides is 1. The van der Waals surface area contributed by atoms with Gasteiger partial charge in [0.15, 0.2) is 0 Å². The maximum atomic E-state index is 11.8. The zero-order chi connectivity index (χ0) is 15.3. The molecule has 1 aromatic rings. The van der Waals surface area contributed by atoms with Gasteiger partial charge in [-0.1, -0.05) is 11.6 Å². The second-order valence-corrected chi connectivity index (χ2v) is 7.47. The molecule has 114 valence electrons. The number of ether oxygens (including phenoxy) is 1. The van der Waals surface area contributed by atoms with E-state index in [1.54, 1.807) is 23.3 Å². The second kappa shape index (κ2) is 7.29. The number of thiophene rings is 1. The zero-order valence-electron chi connectivity index (χ0n) is 12.7. The number of carbonyl (C=O) groups is 1. The maximum Gasteiger partial charge on any atom is 0.410 e. The highest BCUT2D eigenvalue weighted by molar-refractivity contribution is 7.16. The van der Waals surface area contributed by atoms with E-state index in [0.29, 0.717) is 13.1 Å². The van der Waals surface area contributed by atoms with Gasteiger partial charge in [-0.2, -0.15) is 0 Å². The van der Waals surface area contributed by atoms with Crippen LogP contribution in [0, 0.1) is 0 Å². The topological polar surface area (TPSA) is 41.6 Å². The van der Waals surface area contributed by atoms with Crippen LogP contribution in [0.15, 0.2) is 12.1 Å². The molecule has 0 bridgehead atoms. The summed E-state index contributed by atoms with van der Waals surface area (Å²) >= 11 is 7.48. The molecule has 0 fully saturated rings. The summed E-state index contributed by atoms with van der Waals surface area (Å²) in [5.41, 5.74) is -0.459. The molecule has 6 heteroatoms. The van der Waals surface area contributed by atoms with Crippen LogP contribution in [0.5, 0.6) is 0 Å². The van der Waals surface area contributed by atoms with Crippen molar-refractivity contribution in [3.63, 3.8) is 0 Å². The minimum atomic E-state index is -0.459. The van der Waals surface area contributed by atoms with Crippen molar-refractivity contribution in [2.75, 3.05) is 20.1 Å². The molecule has 1 amide bonds.